The second-order valence-electron chi connectivity index (χ2n) is 10.1. The van der Waals surface area contributed by atoms with Gasteiger partial charge in [-0.3, -0.25) is 9.69 Å². The Balaban J connectivity index is 1.34. The smallest absolute Gasteiger partial charge is 0.244 e. The van der Waals surface area contributed by atoms with Crippen molar-refractivity contribution >= 4 is 34.1 Å². The highest BCUT2D eigenvalue weighted by Crippen LogP contribution is 2.33. The zero-order valence-electron chi connectivity index (χ0n) is 24.0. The van der Waals surface area contributed by atoms with Gasteiger partial charge in [-0.05, 0) is 26.2 Å². The summed E-state index contributed by atoms with van der Waals surface area (Å²) in [5, 5.41) is 9.84. The molecule has 12 nitrogen and oxygen atoms in total. The van der Waals surface area contributed by atoms with Gasteiger partial charge in [-0.1, -0.05) is 12.1 Å². The summed E-state index contributed by atoms with van der Waals surface area (Å²) in [4.78, 5) is 33.8. The first-order valence-electron chi connectivity index (χ1n) is 13.8. The normalized spacial score (nSPS) is 15.0. The van der Waals surface area contributed by atoms with E-state index in [0.29, 0.717) is 46.9 Å². The van der Waals surface area contributed by atoms with Crippen molar-refractivity contribution in [3.8, 4) is 17.1 Å². The molecule has 1 fully saturated rings. The van der Waals surface area contributed by atoms with Gasteiger partial charge >= 0.3 is 0 Å². The van der Waals surface area contributed by atoms with Crippen molar-refractivity contribution in [1.82, 2.24) is 35.1 Å². The Morgan fingerprint density at radius 3 is 2.71 bits per heavy atom. The van der Waals surface area contributed by atoms with Crippen LogP contribution < -0.4 is 20.7 Å². The number of aromatic nitrogens is 4. The number of methoxy groups -OCH3 is 1. The number of hydrogen-bond donors (Lipinski definition) is 4. The number of benzene rings is 1. The Morgan fingerprint density at radius 1 is 1.14 bits per heavy atom. The van der Waals surface area contributed by atoms with Gasteiger partial charge in [0.2, 0.25) is 17.7 Å². The minimum Gasteiger partial charge on any atom is -0.476 e. The second-order valence-corrected chi connectivity index (χ2v) is 10.1. The number of likely N-dealkylation sites (N-methyl/N-ethyl adjacent to an activating group) is 2. The number of fused-ring (bicyclic) bond motifs is 1. The van der Waals surface area contributed by atoms with Crippen LogP contribution in [0.3, 0.4) is 0 Å². The fourth-order valence-corrected chi connectivity index (χ4v) is 4.85. The number of nitrogens with one attached hydrogen (secondary N) is 4. The van der Waals surface area contributed by atoms with Crippen molar-refractivity contribution in [2.24, 2.45) is 0 Å². The summed E-state index contributed by atoms with van der Waals surface area (Å²) in [7, 11) is 5.52. The first-order chi connectivity index (χ1) is 20.5. The van der Waals surface area contributed by atoms with Gasteiger partial charge in [-0.25, -0.2) is 19.3 Å². The zero-order valence-corrected chi connectivity index (χ0v) is 24.0. The zero-order chi connectivity index (χ0) is 29.5. The highest BCUT2D eigenvalue weighted by Gasteiger charge is 2.29. The predicted octanol–water partition coefficient (Wildman–Crippen LogP) is 2.70. The highest BCUT2D eigenvalue weighted by molar-refractivity contribution is 6.06. The summed E-state index contributed by atoms with van der Waals surface area (Å²) < 4.78 is 26.0. The number of pyridine rings is 1. The van der Waals surface area contributed by atoms with Gasteiger partial charge in [-0.2, -0.15) is 0 Å². The van der Waals surface area contributed by atoms with Gasteiger partial charge in [0.05, 0.1) is 35.9 Å². The molecule has 13 heteroatoms. The number of aromatic amines is 1. The molecule has 1 aromatic carbocycles. The number of para-hydroxylation sites is 1. The maximum Gasteiger partial charge on any atom is 0.244 e. The van der Waals surface area contributed by atoms with Crippen molar-refractivity contribution in [3.63, 3.8) is 0 Å². The third kappa shape index (κ3) is 6.82. The monoisotopic (exact) mass is 577 g/mol. The van der Waals surface area contributed by atoms with E-state index in [1.54, 1.807) is 31.6 Å². The first-order valence-corrected chi connectivity index (χ1v) is 13.8. The molecular formula is C29H36FN9O3. The lowest BCUT2D eigenvalue weighted by Gasteiger charge is -2.36. The molecular weight excluding hydrogens is 541 g/mol. The van der Waals surface area contributed by atoms with Gasteiger partial charge in [-0.15, -0.1) is 0 Å². The molecule has 4 N–H and O–H groups in total. The quantitative estimate of drug-likeness (QED) is 0.186. The van der Waals surface area contributed by atoms with Crippen LogP contribution in [0.25, 0.3) is 22.2 Å². The number of amides is 1. The minimum atomic E-state index is -0.572. The van der Waals surface area contributed by atoms with Crippen LogP contribution in [-0.4, -0.2) is 109 Å². The molecule has 5 rings (SSSR count). The average molecular weight is 578 g/mol. The molecule has 4 heterocycles. The van der Waals surface area contributed by atoms with Crippen molar-refractivity contribution in [3.05, 3.63) is 54.7 Å². The number of anilines is 3. The molecule has 1 atom stereocenters. The van der Waals surface area contributed by atoms with Crippen LogP contribution in [0.5, 0.6) is 5.88 Å². The number of H-pyrrole nitrogens is 1. The van der Waals surface area contributed by atoms with E-state index >= 15 is 4.39 Å². The highest BCUT2D eigenvalue weighted by atomic mass is 19.1. The van der Waals surface area contributed by atoms with Crippen LogP contribution in [0.2, 0.25) is 0 Å². The van der Waals surface area contributed by atoms with E-state index in [0.717, 1.165) is 32.4 Å². The number of halogens is 1. The van der Waals surface area contributed by atoms with Gasteiger partial charge < -0.3 is 35.3 Å². The van der Waals surface area contributed by atoms with E-state index in [1.807, 2.05) is 25.2 Å². The molecule has 1 aliphatic rings. The number of carbonyl (C=O) groups excluding carboxylic acids is 1. The molecule has 4 aromatic rings. The molecule has 222 valence electrons. The first kappa shape index (κ1) is 29.3. The van der Waals surface area contributed by atoms with Gasteiger partial charge in [0.25, 0.3) is 0 Å². The van der Waals surface area contributed by atoms with E-state index in [4.69, 9.17) is 9.47 Å². The predicted molar refractivity (Wildman–Crippen MR) is 160 cm³/mol. The number of ether oxygens (including phenoxy) is 2. The van der Waals surface area contributed by atoms with Crippen molar-refractivity contribution < 1.29 is 18.7 Å². The summed E-state index contributed by atoms with van der Waals surface area (Å²) in [6, 6.07) is 8.59. The molecule has 3 aromatic heterocycles. The third-order valence-corrected chi connectivity index (χ3v) is 7.17. The average Bonchev–Trinajstić information content (AvgIpc) is 3.43. The maximum atomic E-state index is 15.0. The molecule has 0 unspecified atom stereocenters. The van der Waals surface area contributed by atoms with Crippen molar-refractivity contribution in [1.29, 1.82) is 0 Å². The molecule has 0 radical (unpaired) electrons. The van der Waals surface area contributed by atoms with Gasteiger partial charge in [0, 0.05) is 63.0 Å². The maximum absolute atomic E-state index is 15.0. The van der Waals surface area contributed by atoms with Crippen LogP contribution >= 0.6 is 0 Å². The molecule has 0 aliphatic carbocycles. The van der Waals surface area contributed by atoms with Crippen LogP contribution in [-0.2, 0) is 9.53 Å². The number of rotatable bonds is 12. The van der Waals surface area contributed by atoms with Crippen LogP contribution in [0.1, 0.15) is 0 Å². The van der Waals surface area contributed by atoms with Crippen molar-refractivity contribution in [2.45, 2.75) is 6.04 Å². The molecule has 1 saturated heterocycles. The lowest BCUT2D eigenvalue weighted by molar-refractivity contribution is -0.124. The lowest BCUT2D eigenvalue weighted by atomic mass is 10.1. The van der Waals surface area contributed by atoms with Crippen LogP contribution in [0.4, 0.5) is 21.7 Å². The van der Waals surface area contributed by atoms with E-state index in [2.05, 4.69) is 52.7 Å². The summed E-state index contributed by atoms with van der Waals surface area (Å²) in [6.45, 7) is 4.83. The molecule has 0 spiro atoms. The Hall–Kier alpha value is -4.17. The van der Waals surface area contributed by atoms with E-state index in [-0.39, 0.29) is 24.2 Å². The molecule has 0 saturated carbocycles. The minimum absolute atomic E-state index is 0.122. The fourth-order valence-electron chi connectivity index (χ4n) is 4.85. The summed E-state index contributed by atoms with van der Waals surface area (Å²) in [6.07, 6.45) is 4.41. The molecule has 1 amide bonds. The van der Waals surface area contributed by atoms with Gasteiger partial charge in [0.15, 0.2) is 5.82 Å². The fraction of sp³-hybridized carbons (Fsp3) is 0.379. The van der Waals surface area contributed by atoms with Crippen LogP contribution in [0.15, 0.2) is 48.9 Å². The summed E-state index contributed by atoms with van der Waals surface area (Å²) in [5.41, 5.74) is 2.55. The van der Waals surface area contributed by atoms with E-state index in [1.165, 1.54) is 0 Å². The standard InChI is InChI=1S/C29H36FN9O3/c1-31-9-14-42-25-8-7-19(15-32-25)35-29-34-17-22(30)26(37-29)21-16-33-27-20(21)5-4-6-23(27)36-28(40)24(18-41-3)39-12-10-38(2)11-13-39/h4-8,15-17,24,31,33H,9-14,18H2,1-3H3,(H,36,40)(H,34,35,37)/t24-/m1/s1. The summed E-state index contributed by atoms with van der Waals surface area (Å²) >= 11 is 0. The number of piperazine rings is 1. The molecule has 1 aliphatic heterocycles. The van der Waals surface area contributed by atoms with E-state index < -0.39 is 11.9 Å². The molecule has 0 bridgehead atoms. The number of hydrogen-bond acceptors (Lipinski definition) is 10. The van der Waals surface area contributed by atoms with Crippen LogP contribution in [0, 0.1) is 5.82 Å². The summed E-state index contributed by atoms with van der Waals surface area (Å²) in [5.74, 6) is -0.0185. The van der Waals surface area contributed by atoms with E-state index in [9.17, 15) is 4.79 Å². The topological polar surface area (TPSA) is 133 Å². The Kier molecular flexibility index (Phi) is 9.54. The Morgan fingerprint density at radius 2 is 1.98 bits per heavy atom. The largest absolute Gasteiger partial charge is 0.476 e. The lowest BCUT2D eigenvalue weighted by Crippen LogP contribution is -2.54. The molecule has 42 heavy (non-hydrogen) atoms. The number of nitrogens with zero attached hydrogens (tertiary/aromatic N) is 5. The van der Waals surface area contributed by atoms with Gasteiger partial charge in [0.1, 0.15) is 18.3 Å². The SMILES string of the molecule is CNCCOc1ccc(Nc2ncc(F)c(-c3c[nH]c4c(NC(=O)[C@@H](COC)N5CCN(C)CC5)cccc34)n2)cn1. The Labute approximate surface area is 243 Å². The number of carbonyl (C=O) groups is 1. The second kappa shape index (κ2) is 13.7. The van der Waals surface area contributed by atoms with Crippen molar-refractivity contribution in [2.75, 3.05) is 77.8 Å². The Bertz CT molecular complexity index is 1490. The third-order valence-electron chi connectivity index (χ3n) is 7.17.